The van der Waals surface area contributed by atoms with Gasteiger partial charge >= 0.3 is 5.97 Å². The minimum absolute atomic E-state index is 0.455. The van der Waals surface area contributed by atoms with Crippen LogP contribution in [0.2, 0.25) is 0 Å². The van der Waals surface area contributed by atoms with E-state index in [9.17, 15) is 9.90 Å². The van der Waals surface area contributed by atoms with Crippen LogP contribution in [0.25, 0.3) is 0 Å². The third-order valence-corrected chi connectivity index (χ3v) is 5.41. The van der Waals surface area contributed by atoms with E-state index in [0.717, 1.165) is 44.2 Å². The van der Waals surface area contributed by atoms with Gasteiger partial charge in [0.1, 0.15) is 5.54 Å². The van der Waals surface area contributed by atoms with Gasteiger partial charge in [0.2, 0.25) is 0 Å². The van der Waals surface area contributed by atoms with Crippen molar-refractivity contribution < 1.29 is 9.90 Å². The molecule has 0 bridgehead atoms. The van der Waals surface area contributed by atoms with Crippen molar-refractivity contribution >= 4 is 5.97 Å². The summed E-state index contributed by atoms with van der Waals surface area (Å²) in [5, 5.41) is 12.5. The first-order valence-corrected chi connectivity index (χ1v) is 7.65. The fourth-order valence-corrected chi connectivity index (χ4v) is 3.81. The Balaban J connectivity index is 1.90. The highest BCUT2D eigenvalue weighted by atomic mass is 16.4. The van der Waals surface area contributed by atoms with E-state index < -0.39 is 11.5 Å². The van der Waals surface area contributed by atoms with Gasteiger partial charge in [-0.1, -0.05) is 13.8 Å². The number of piperidine rings is 1. The molecule has 2 aliphatic rings. The molecule has 0 amide bonds. The first-order chi connectivity index (χ1) is 8.98. The molecule has 0 aromatic carbocycles. The molecular weight excluding hydrogens is 240 g/mol. The summed E-state index contributed by atoms with van der Waals surface area (Å²) in [6.45, 7) is 6.92. The van der Waals surface area contributed by atoms with Crippen LogP contribution in [0.3, 0.4) is 0 Å². The van der Waals surface area contributed by atoms with E-state index in [2.05, 4.69) is 24.1 Å². The highest BCUT2D eigenvalue weighted by Crippen LogP contribution is 2.35. The molecule has 1 aliphatic heterocycles. The zero-order valence-corrected chi connectivity index (χ0v) is 12.5. The van der Waals surface area contributed by atoms with Gasteiger partial charge in [-0.3, -0.25) is 4.79 Å². The van der Waals surface area contributed by atoms with E-state index in [1.165, 1.54) is 12.8 Å². The minimum atomic E-state index is -0.686. The Morgan fingerprint density at radius 2 is 1.95 bits per heavy atom. The fraction of sp³-hybridized carbons (Fsp3) is 0.933. The topological polar surface area (TPSA) is 52.6 Å². The van der Waals surface area contributed by atoms with Crippen LogP contribution in [-0.4, -0.2) is 47.7 Å². The molecule has 1 heterocycles. The van der Waals surface area contributed by atoms with Gasteiger partial charge in [0.15, 0.2) is 0 Å². The SMILES string of the molecule is CNC1(C(=O)O)CCC(N2CCC(C(C)C)CC2)C1. The monoisotopic (exact) mass is 268 g/mol. The van der Waals surface area contributed by atoms with Crippen molar-refractivity contribution in [1.82, 2.24) is 10.2 Å². The van der Waals surface area contributed by atoms with E-state index in [-0.39, 0.29) is 0 Å². The molecule has 0 aromatic rings. The number of hydrogen-bond donors (Lipinski definition) is 2. The Morgan fingerprint density at radius 1 is 1.32 bits per heavy atom. The van der Waals surface area contributed by atoms with Crippen molar-refractivity contribution in [3.8, 4) is 0 Å². The number of carboxylic acid groups (broad SMARTS) is 1. The highest BCUT2D eigenvalue weighted by Gasteiger charge is 2.46. The Hall–Kier alpha value is -0.610. The lowest BCUT2D eigenvalue weighted by molar-refractivity contribution is -0.144. The normalized spacial score (nSPS) is 34.0. The average Bonchev–Trinajstić information content (AvgIpc) is 2.84. The average molecular weight is 268 g/mol. The maximum atomic E-state index is 11.4. The van der Waals surface area contributed by atoms with E-state index in [0.29, 0.717) is 6.04 Å². The second-order valence-electron chi connectivity index (χ2n) is 6.65. The lowest BCUT2D eigenvalue weighted by Gasteiger charge is -2.38. The molecule has 2 fully saturated rings. The summed E-state index contributed by atoms with van der Waals surface area (Å²) in [5.74, 6) is 0.946. The molecule has 0 radical (unpaired) electrons. The number of carbonyl (C=O) groups is 1. The maximum Gasteiger partial charge on any atom is 0.323 e. The largest absolute Gasteiger partial charge is 0.480 e. The van der Waals surface area contributed by atoms with Gasteiger partial charge in [-0.2, -0.15) is 0 Å². The molecular formula is C15H28N2O2. The van der Waals surface area contributed by atoms with Crippen molar-refractivity contribution in [1.29, 1.82) is 0 Å². The summed E-state index contributed by atoms with van der Waals surface area (Å²) >= 11 is 0. The Bertz CT molecular complexity index is 324. The number of aliphatic carboxylic acids is 1. The molecule has 2 unspecified atom stereocenters. The standard InChI is InChI=1S/C15H28N2O2/c1-11(2)12-5-8-17(9-6-12)13-4-7-15(10-13,16-3)14(18)19/h11-13,16H,4-10H2,1-3H3,(H,18,19). The summed E-state index contributed by atoms with van der Waals surface area (Å²) in [6.07, 6.45) is 5.07. The van der Waals surface area contributed by atoms with Crippen LogP contribution in [0.1, 0.15) is 46.0 Å². The Morgan fingerprint density at radius 3 is 2.37 bits per heavy atom. The summed E-state index contributed by atoms with van der Waals surface area (Å²) in [5.41, 5.74) is -0.681. The molecule has 4 heteroatoms. The summed E-state index contributed by atoms with van der Waals surface area (Å²) in [7, 11) is 1.78. The number of nitrogens with zero attached hydrogens (tertiary/aromatic N) is 1. The maximum absolute atomic E-state index is 11.4. The lowest BCUT2D eigenvalue weighted by Crippen LogP contribution is -2.50. The number of likely N-dealkylation sites (tertiary alicyclic amines) is 1. The number of rotatable bonds is 4. The lowest BCUT2D eigenvalue weighted by atomic mass is 9.86. The quantitative estimate of drug-likeness (QED) is 0.818. The second-order valence-corrected chi connectivity index (χ2v) is 6.65. The van der Waals surface area contributed by atoms with Crippen molar-refractivity contribution in [2.24, 2.45) is 11.8 Å². The first-order valence-electron chi connectivity index (χ1n) is 7.65. The highest BCUT2D eigenvalue weighted by molar-refractivity contribution is 5.79. The third kappa shape index (κ3) is 2.95. The van der Waals surface area contributed by atoms with Gasteiger partial charge in [0.25, 0.3) is 0 Å². The van der Waals surface area contributed by atoms with Gasteiger partial charge in [0, 0.05) is 6.04 Å². The van der Waals surface area contributed by atoms with Crippen LogP contribution in [0.4, 0.5) is 0 Å². The van der Waals surface area contributed by atoms with Crippen LogP contribution >= 0.6 is 0 Å². The molecule has 1 aliphatic carbocycles. The van der Waals surface area contributed by atoms with Crippen molar-refractivity contribution in [2.75, 3.05) is 20.1 Å². The third-order valence-electron chi connectivity index (χ3n) is 5.41. The van der Waals surface area contributed by atoms with Crippen LogP contribution in [-0.2, 0) is 4.79 Å². The summed E-state index contributed by atoms with van der Waals surface area (Å²) < 4.78 is 0. The molecule has 1 saturated carbocycles. The van der Waals surface area contributed by atoms with Crippen molar-refractivity contribution in [2.45, 2.75) is 57.5 Å². The fourth-order valence-electron chi connectivity index (χ4n) is 3.81. The van der Waals surface area contributed by atoms with Crippen LogP contribution in [0.5, 0.6) is 0 Å². The van der Waals surface area contributed by atoms with E-state index in [1.807, 2.05) is 0 Å². The van der Waals surface area contributed by atoms with Crippen LogP contribution < -0.4 is 5.32 Å². The summed E-state index contributed by atoms with van der Waals surface area (Å²) in [4.78, 5) is 14.0. The van der Waals surface area contributed by atoms with Crippen molar-refractivity contribution in [3.63, 3.8) is 0 Å². The van der Waals surface area contributed by atoms with E-state index in [1.54, 1.807) is 7.05 Å². The van der Waals surface area contributed by atoms with Crippen LogP contribution in [0.15, 0.2) is 0 Å². The smallest absolute Gasteiger partial charge is 0.323 e. The van der Waals surface area contributed by atoms with Gasteiger partial charge < -0.3 is 15.3 Å². The van der Waals surface area contributed by atoms with Crippen LogP contribution in [0, 0.1) is 11.8 Å². The number of nitrogens with one attached hydrogen (secondary N) is 1. The molecule has 2 atom stereocenters. The van der Waals surface area contributed by atoms with Gasteiger partial charge in [-0.25, -0.2) is 0 Å². The first kappa shape index (κ1) is 14.8. The molecule has 1 saturated heterocycles. The second kappa shape index (κ2) is 5.80. The minimum Gasteiger partial charge on any atom is -0.480 e. The molecule has 2 N–H and O–H groups in total. The predicted molar refractivity (Wildman–Crippen MR) is 76.2 cm³/mol. The van der Waals surface area contributed by atoms with Gasteiger partial charge in [-0.15, -0.1) is 0 Å². The molecule has 19 heavy (non-hydrogen) atoms. The number of hydrogen-bond acceptors (Lipinski definition) is 3. The van der Waals surface area contributed by atoms with E-state index >= 15 is 0 Å². The number of likely N-dealkylation sites (N-methyl/N-ethyl adjacent to an activating group) is 1. The molecule has 110 valence electrons. The van der Waals surface area contributed by atoms with E-state index in [4.69, 9.17) is 0 Å². The summed E-state index contributed by atoms with van der Waals surface area (Å²) in [6, 6.07) is 0.455. The molecule has 0 aromatic heterocycles. The number of carboxylic acids is 1. The predicted octanol–water partition coefficient (Wildman–Crippen LogP) is 1.95. The molecule has 0 spiro atoms. The Kier molecular flexibility index (Phi) is 4.51. The van der Waals surface area contributed by atoms with Gasteiger partial charge in [0.05, 0.1) is 0 Å². The Labute approximate surface area is 116 Å². The molecule has 4 nitrogen and oxygen atoms in total. The zero-order chi connectivity index (χ0) is 14.0. The van der Waals surface area contributed by atoms with Crippen molar-refractivity contribution in [3.05, 3.63) is 0 Å². The zero-order valence-electron chi connectivity index (χ0n) is 12.5. The molecule has 2 rings (SSSR count). The van der Waals surface area contributed by atoms with Gasteiger partial charge in [-0.05, 0) is 64.1 Å².